The van der Waals surface area contributed by atoms with Crippen molar-refractivity contribution in [3.8, 4) is 11.5 Å². The molecule has 1 aromatic rings. The number of ether oxygens (including phenoxy) is 2. The van der Waals surface area contributed by atoms with Crippen LogP contribution in [0.3, 0.4) is 0 Å². The van der Waals surface area contributed by atoms with Crippen LogP contribution in [0.5, 0.6) is 11.5 Å². The Morgan fingerprint density at radius 3 is 2.59 bits per heavy atom. The molecule has 0 amide bonds. The van der Waals surface area contributed by atoms with Gasteiger partial charge in [0.15, 0.2) is 11.5 Å². The number of benzene rings is 1. The molecule has 6 aliphatic rings. The summed E-state index contributed by atoms with van der Waals surface area (Å²) in [6, 6.07) is 4.30. The molecule has 34 heavy (non-hydrogen) atoms. The van der Waals surface area contributed by atoms with Crippen LogP contribution in [0.15, 0.2) is 24.8 Å². The minimum Gasteiger partial charge on any atom is -0.493 e. The lowest BCUT2D eigenvalue weighted by Crippen LogP contribution is -2.85. The van der Waals surface area contributed by atoms with Gasteiger partial charge < -0.3 is 19.7 Å². The van der Waals surface area contributed by atoms with Gasteiger partial charge in [-0.05, 0) is 93.1 Å². The van der Waals surface area contributed by atoms with Crippen LogP contribution in [0.1, 0.15) is 84.3 Å². The molecule has 4 nitrogen and oxygen atoms in total. The summed E-state index contributed by atoms with van der Waals surface area (Å²) in [5, 5.41) is 24.9. The van der Waals surface area contributed by atoms with Gasteiger partial charge in [-0.15, -0.1) is 6.58 Å². The van der Waals surface area contributed by atoms with Crippen LogP contribution in [-0.4, -0.2) is 34.1 Å². The predicted octanol–water partition coefficient (Wildman–Crippen LogP) is 5.57. The molecule has 8 atom stereocenters. The van der Waals surface area contributed by atoms with Crippen LogP contribution in [0.25, 0.3) is 0 Å². The Hall–Kier alpha value is -1.52. The molecule has 2 spiro atoms. The van der Waals surface area contributed by atoms with Gasteiger partial charge in [-0.1, -0.05) is 32.9 Å². The fraction of sp³-hybridized carbons (Fsp3) is 0.733. The molecular weight excluding hydrogens is 424 g/mol. The minimum absolute atomic E-state index is 0.0112. The second kappa shape index (κ2) is 6.42. The van der Waals surface area contributed by atoms with E-state index in [1.807, 2.05) is 6.92 Å². The summed E-state index contributed by atoms with van der Waals surface area (Å²) in [6.45, 7) is 14.5. The molecule has 0 saturated heterocycles. The van der Waals surface area contributed by atoms with E-state index in [0.717, 1.165) is 50.0 Å². The maximum atomic E-state index is 12.8. The molecule has 1 aliphatic heterocycles. The lowest BCUT2D eigenvalue weighted by atomic mass is 9.27. The Morgan fingerprint density at radius 1 is 1.21 bits per heavy atom. The van der Waals surface area contributed by atoms with Gasteiger partial charge >= 0.3 is 0 Å². The fourth-order valence-corrected chi connectivity index (χ4v) is 10.00. The zero-order chi connectivity index (χ0) is 24.5. The van der Waals surface area contributed by atoms with Crippen molar-refractivity contribution in [1.82, 2.24) is 0 Å². The van der Waals surface area contributed by atoms with Crippen molar-refractivity contribution >= 4 is 0 Å². The largest absolute Gasteiger partial charge is 0.493 e. The van der Waals surface area contributed by atoms with Crippen LogP contribution in [0.2, 0.25) is 0 Å². The second-order valence-corrected chi connectivity index (χ2v) is 13.5. The lowest BCUT2D eigenvalue weighted by Gasteiger charge is -2.77. The van der Waals surface area contributed by atoms with Gasteiger partial charge in [0.1, 0.15) is 11.2 Å². The first-order valence-electron chi connectivity index (χ1n) is 13.3. The van der Waals surface area contributed by atoms with Crippen molar-refractivity contribution in [3.63, 3.8) is 0 Å². The third-order valence-corrected chi connectivity index (χ3v) is 12.0. The molecule has 4 saturated carbocycles. The summed E-state index contributed by atoms with van der Waals surface area (Å²) in [7, 11) is 1.71. The van der Waals surface area contributed by atoms with E-state index >= 15 is 0 Å². The molecule has 186 valence electrons. The number of rotatable bonds is 4. The van der Waals surface area contributed by atoms with E-state index in [-0.39, 0.29) is 22.2 Å². The van der Waals surface area contributed by atoms with Crippen molar-refractivity contribution in [3.05, 3.63) is 35.9 Å². The Morgan fingerprint density at radius 2 is 1.94 bits per heavy atom. The van der Waals surface area contributed by atoms with E-state index in [9.17, 15) is 10.2 Å². The maximum Gasteiger partial charge on any atom is 0.166 e. The van der Waals surface area contributed by atoms with Crippen molar-refractivity contribution in [1.29, 1.82) is 0 Å². The van der Waals surface area contributed by atoms with Crippen LogP contribution >= 0.6 is 0 Å². The summed E-state index contributed by atoms with van der Waals surface area (Å²) in [5.74, 6) is 2.43. The minimum atomic E-state index is -1.13. The topological polar surface area (TPSA) is 58.9 Å². The third-order valence-electron chi connectivity index (χ3n) is 12.0. The van der Waals surface area contributed by atoms with Gasteiger partial charge in [0.05, 0.1) is 12.7 Å². The fourth-order valence-electron chi connectivity index (χ4n) is 10.00. The molecule has 5 aliphatic carbocycles. The predicted molar refractivity (Wildman–Crippen MR) is 133 cm³/mol. The molecule has 4 heteroatoms. The number of allylic oxidation sites excluding steroid dienone is 1. The maximum absolute atomic E-state index is 12.8. The van der Waals surface area contributed by atoms with Crippen LogP contribution in [0.4, 0.5) is 0 Å². The third kappa shape index (κ3) is 2.13. The molecular formula is C30H42O4. The number of methoxy groups -OCH3 is 1. The second-order valence-electron chi connectivity index (χ2n) is 13.5. The number of aliphatic hydroxyl groups is 2. The number of hydrogen-bond donors (Lipinski definition) is 2. The summed E-state index contributed by atoms with van der Waals surface area (Å²) in [4.78, 5) is 0. The van der Waals surface area contributed by atoms with E-state index in [1.165, 1.54) is 11.1 Å². The van der Waals surface area contributed by atoms with E-state index < -0.39 is 16.8 Å². The Balaban J connectivity index is 1.67. The van der Waals surface area contributed by atoms with Crippen LogP contribution in [0, 0.1) is 28.6 Å². The summed E-state index contributed by atoms with van der Waals surface area (Å²) in [5.41, 5.74) is -0.914. The highest BCUT2D eigenvalue weighted by molar-refractivity contribution is 5.65. The van der Waals surface area contributed by atoms with E-state index in [0.29, 0.717) is 18.3 Å². The van der Waals surface area contributed by atoms with Gasteiger partial charge in [-0.2, -0.15) is 0 Å². The van der Waals surface area contributed by atoms with Gasteiger partial charge in [0.2, 0.25) is 0 Å². The Kier molecular flexibility index (Phi) is 4.33. The first kappa shape index (κ1) is 22.9. The van der Waals surface area contributed by atoms with Crippen LogP contribution < -0.4 is 9.47 Å². The van der Waals surface area contributed by atoms with Gasteiger partial charge in [0.25, 0.3) is 0 Å². The highest BCUT2D eigenvalue weighted by atomic mass is 16.5. The van der Waals surface area contributed by atoms with Gasteiger partial charge in [0, 0.05) is 16.9 Å². The zero-order valence-corrected chi connectivity index (χ0v) is 21.8. The van der Waals surface area contributed by atoms with Crippen molar-refractivity contribution < 1.29 is 19.7 Å². The SMILES string of the molecule is C=CCC1CCC23c4c5ccc(OC)c4O[C@]2(C)[C@@]2(O)CC[C@@]3(C[C@@H]2[C@](C)(O)C(C)(C)C)[C@H]1C5. The zero-order valence-electron chi connectivity index (χ0n) is 21.8. The first-order chi connectivity index (χ1) is 15.8. The lowest BCUT2D eigenvalue weighted by molar-refractivity contribution is -0.340. The van der Waals surface area contributed by atoms with Crippen LogP contribution in [-0.2, 0) is 11.8 Å². The van der Waals surface area contributed by atoms with Crippen molar-refractivity contribution in [2.75, 3.05) is 7.11 Å². The summed E-state index contributed by atoms with van der Waals surface area (Å²) in [6.07, 6.45) is 8.82. The molecule has 0 aromatic heterocycles. The molecule has 1 aromatic carbocycles. The first-order valence-corrected chi connectivity index (χ1v) is 13.3. The quantitative estimate of drug-likeness (QED) is 0.570. The van der Waals surface area contributed by atoms with Crippen molar-refractivity contribution in [2.45, 2.75) is 102 Å². The van der Waals surface area contributed by atoms with Gasteiger partial charge in [-0.25, -0.2) is 0 Å². The highest BCUT2D eigenvalue weighted by Gasteiger charge is 2.86. The molecule has 2 unspecified atom stereocenters. The molecule has 2 N–H and O–H groups in total. The summed E-state index contributed by atoms with van der Waals surface area (Å²) >= 11 is 0. The van der Waals surface area contributed by atoms with E-state index in [4.69, 9.17) is 9.47 Å². The van der Waals surface area contributed by atoms with E-state index in [2.05, 4.69) is 52.5 Å². The average molecular weight is 467 g/mol. The Labute approximate surface area is 204 Å². The standard InChI is InChI=1S/C30H42O4/c1-8-9-18-12-13-29-23-19-10-11-21(33-7)24(23)34-27(29,6)30(32)15-14-28(29,20(18)16-19)17-22(30)26(5,31)25(2,3)4/h8,10-11,18,20,22,31-32H,1,9,12-17H2,2-7H3/t18?,20-,22+,26-,27-,28+,29?,30+/m0/s1. The van der Waals surface area contributed by atoms with Gasteiger partial charge in [-0.3, -0.25) is 0 Å². The summed E-state index contributed by atoms with van der Waals surface area (Å²) < 4.78 is 12.9. The Bertz CT molecular complexity index is 1070. The molecule has 0 radical (unpaired) electrons. The van der Waals surface area contributed by atoms with E-state index in [1.54, 1.807) is 7.11 Å². The van der Waals surface area contributed by atoms with Crippen molar-refractivity contribution in [2.24, 2.45) is 28.6 Å². The molecule has 7 rings (SSSR count). The monoisotopic (exact) mass is 466 g/mol. The smallest absolute Gasteiger partial charge is 0.166 e. The number of hydrogen-bond acceptors (Lipinski definition) is 4. The molecule has 4 fully saturated rings. The molecule has 1 heterocycles. The number of fused-ring (bicyclic) bond motifs is 2. The average Bonchev–Trinajstić information content (AvgIpc) is 3.05. The normalized spacial score (nSPS) is 45.2. The molecule has 4 bridgehead atoms. The highest BCUT2D eigenvalue weighted by Crippen LogP contribution is 2.82.